The third kappa shape index (κ3) is 1.90. The topological polar surface area (TPSA) is 68.6 Å². The van der Waals surface area contributed by atoms with Crippen molar-refractivity contribution >= 4 is 6.29 Å². The number of aryl methyl sites for hydroxylation is 1. The van der Waals surface area contributed by atoms with Gasteiger partial charge in [-0.3, -0.25) is 4.79 Å². The maximum Gasteiger partial charge on any atom is 0.203 e. The predicted molar refractivity (Wildman–Crippen MR) is 53.1 cm³/mol. The lowest BCUT2D eigenvalue weighted by molar-refractivity contribution is 0.112. The number of carbonyl (C=O) groups is 1. The third-order valence-corrected chi connectivity index (χ3v) is 1.96. The molecular weight excluding hydrogens is 211 g/mol. The summed E-state index contributed by atoms with van der Waals surface area (Å²) in [5.41, 5.74) is 0.430. The van der Waals surface area contributed by atoms with E-state index in [2.05, 4.69) is 20.4 Å². The quantitative estimate of drug-likeness (QED) is 0.708. The molecule has 0 spiro atoms. The lowest BCUT2D eigenvalue weighted by Gasteiger charge is -1.99. The van der Waals surface area contributed by atoms with E-state index in [4.69, 9.17) is 0 Å². The molecule has 6 heteroatoms. The number of hydrogen-bond acceptors (Lipinski definition) is 5. The molecule has 0 unspecified atom stereocenters. The van der Waals surface area contributed by atoms with Gasteiger partial charge in [-0.15, -0.1) is 20.4 Å². The molecule has 80 valence electrons. The average Bonchev–Trinajstić information content (AvgIpc) is 2.30. The van der Waals surface area contributed by atoms with Crippen LogP contribution >= 0.6 is 0 Å². The van der Waals surface area contributed by atoms with E-state index in [9.17, 15) is 9.18 Å². The zero-order chi connectivity index (χ0) is 11.5. The zero-order valence-corrected chi connectivity index (χ0v) is 8.38. The van der Waals surface area contributed by atoms with E-state index in [0.29, 0.717) is 17.7 Å². The molecule has 1 aromatic heterocycles. The molecule has 0 atom stereocenters. The van der Waals surface area contributed by atoms with E-state index in [1.807, 2.05) is 0 Å². The van der Waals surface area contributed by atoms with Gasteiger partial charge in [0.1, 0.15) is 5.82 Å². The van der Waals surface area contributed by atoms with Crippen LogP contribution in [0.5, 0.6) is 0 Å². The number of aldehydes is 1. The van der Waals surface area contributed by atoms with Crippen LogP contribution in [0.1, 0.15) is 16.2 Å². The van der Waals surface area contributed by atoms with E-state index in [-0.39, 0.29) is 11.4 Å². The number of rotatable bonds is 2. The first-order chi connectivity index (χ1) is 7.70. The Bertz CT molecular complexity index is 527. The molecule has 0 saturated heterocycles. The summed E-state index contributed by atoms with van der Waals surface area (Å²) in [6.45, 7) is 1.65. The van der Waals surface area contributed by atoms with E-state index in [1.54, 1.807) is 13.0 Å². The largest absolute Gasteiger partial charge is 0.298 e. The summed E-state index contributed by atoms with van der Waals surface area (Å²) in [7, 11) is 0. The van der Waals surface area contributed by atoms with Crippen molar-refractivity contribution in [3.63, 3.8) is 0 Å². The zero-order valence-electron chi connectivity index (χ0n) is 8.38. The summed E-state index contributed by atoms with van der Waals surface area (Å²) in [6, 6.07) is 4.08. The number of aromatic nitrogens is 4. The minimum absolute atomic E-state index is 0.00298. The van der Waals surface area contributed by atoms with Gasteiger partial charge in [0.2, 0.25) is 5.82 Å². The van der Waals surface area contributed by atoms with Crippen LogP contribution in [0.25, 0.3) is 11.4 Å². The van der Waals surface area contributed by atoms with Gasteiger partial charge in [-0.1, -0.05) is 6.07 Å². The fraction of sp³-hybridized carbons (Fsp3) is 0.100. The van der Waals surface area contributed by atoms with Crippen LogP contribution in [0, 0.1) is 12.7 Å². The maximum atomic E-state index is 13.3. The predicted octanol–water partition coefficient (Wildman–Crippen LogP) is 1.19. The Labute approximate surface area is 90.4 Å². The standard InChI is InChI=1S/C10H7FN4O/c1-6-12-14-10(15-13-6)7-2-3-8(5-16)9(11)4-7/h2-5H,1H3. The van der Waals surface area contributed by atoms with Gasteiger partial charge in [-0.25, -0.2) is 4.39 Å². The summed E-state index contributed by atoms with van der Waals surface area (Å²) in [6.07, 6.45) is 0.450. The molecule has 0 aliphatic rings. The van der Waals surface area contributed by atoms with Gasteiger partial charge < -0.3 is 0 Å². The van der Waals surface area contributed by atoms with Crippen molar-refractivity contribution < 1.29 is 9.18 Å². The maximum absolute atomic E-state index is 13.3. The van der Waals surface area contributed by atoms with Gasteiger partial charge >= 0.3 is 0 Å². The van der Waals surface area contributed by atoms with Crippen molar-refractivity contribution in [2.75, 3.05) is 0 Å². The second-order valence-electron chi connectivity index (χ2n) is 3.12. The highest BCUT2D eigenvalue weighted by molar-refractivity contribution is 5.76. The number of carbonyl (C=O) groups excluding carboxylic acids is 1. The van der Waals surface area contributed by atoms with Crippen molar-refractivity contribution in [2.24, 2.45) is 0 Å². The fourth-order valence-corrected chi connectivity index (χ4v) is 1.16. The second-order valence-corrected chi connectivity index (χ2v) is 3.12. The summed E-state index contributed by atoms with van der Waals surface area (Å²) < 4.78 is 13.3. The Morgan fingerprint density at radius 3 is 2.44 bits per heavy atom. The first-order valence-electron chi connectivity index (χ1n) is 4.50. The number of hydrogen-bond donors (Lipinski definition) is 0. The molecule has 0 N–H and O–H groups in total. The van der Waals surface area contributed by atoms with Crippen molar-refractivity contribution in [1.29, 1.82) is 0 Å². The van der Waals surface area contributed by atoms with Crippen LogP contribution in [0.3, 0.4) is 0 Å². The fourth-order valence-electron chi connectivity index (χ4n) is 1.16. The van der Waals surface area contributed by atoms with Crippen LogP contribution in [0.2, 0.25) is 0 Å². The second kappa shape index (κ2) is 4.09. The Hall–Kier alpha value is -2.24. The van der Waals surface area contributed by atoms with Crippen LogP contribution in [0.15, 0.2) is 18.2 Å². The minimum Gasteiger partial charge on any atom is -0.298 e. The minimum atomic E-state index is -0.614. The molecule has 1 heterocycles. The van der Waals surface area contributed by atoms with Gasteiger partial charge in [0, 0.05) is 5.56 Å². The van der Waals surface area contributed by atoms with Crippen LogP contribution < -0.4 is 0 Å². The van der Waals surface area contributed by atoms with Crippen molar-refractivity contribution in [2.45, 2.75) is 6.92 Å². The molecule has 5 nitrogen and oxygen atoms in total. The molecule has 2 aromatic rings. The molecule has 0 aliphatic carbocycles. The van der Waals surface area contributed by atoms with Crippen molar-refractivity contribution in [3.05, 3.63) is 35.4 Å². The summed E-state index contributed by atoms with van der Waals surface area (Å²) in [5, 5.41) is 15.0. The SMILES string of the molecule is Cc1nnc(-c2ccc(C=O)c(F)c2)nn1. The van der Waals surface area contributed by atoms with Crippen molar-refractivity contribution in [1.82, 2.24) is 20.4 Å². The molecule has 2 rings (SSSR count). The van der Waals surface area contributed by atoms with E-state index in [1.165, 1.54) is 12.1 Å². The molecule has 0 radical (unpaired) electrons. The first kappa shape index (κ1) is 10.3. The average molecular weight is 218 g/mol. The summed E-state index contributed by atoms with van der Waals surface area (Å²) in [4.78, 5) is 10.4. The van der Waals surface area contributed by atoms with Gasteiger partial charge in [0.25, 0.3) is 0 Å². The lowest BCUT2D eigenvalue weighted by Crippen LogP contribution is -1.99. The first-order valence-corrected chi connectivity index (χ1v) is 4.50. The Morgan fingerprint density at radius 1 is 1.19 bits per heavy atom. The number of halogens is 1. The van der Waals surface area contributed by atoms with E-state index < -0.39 is 5.82 Å². The van der Waals surface area contributed by atoms with Gasteiger partial charge in [-0.2, -0.15) is 0 Å². The number of benzene rings is 1. The summed E-state index contributed by atoms with van der Waals surface area (Å²) >= 11 is 0. The summed E-state index contributed by atoms with van der Waals surface area (Å²) in [5.74, 6) is 0.0485. The normalized spacial score (nSPS) is 10.1. The third-order valence-electron chi connectivity index (χ3n) is 1.96. The molecule has 0 aliphatic heterocycles. The molecule has 0 saturated carbocycles. The van der Waals surface area contributed by atoms with Gasteiger partial charge in [0.05, 0.1) is 5.56 Å². The molecule has 16 heavy (non-hydrogen) atoms. The molecular formula is C10H7FN4O. The Balaban J connectivity index is 2.45. The number of nitrogens with zero attached hydrogens (tertiary/aromatic N) is 4. The molecule has 0 bridgehead atoms. The van der Waals surface area contributed by atoms with Crippen LogP contribution in [-0.4, -0.2) is 26.7 Å². The van der Waals surface area contributed by atoms with Gasteiger partial charge in [-0.05, 0) is 19.1 Å². The smallest absolute Gasteiger partial charge is 0.203 e. The molecule has 0 fully saturated rings. The van der Waals surface area contributed by atoms with Gasteiger partial charge in [0.15, 0.2) is 12.1 Å². The Kier molecular flexibility index (Phi) is 2.63. The van der Waals surface area contributed by atoms with E-state index >= 15 is 0 Å². The van der Waals surface area contributed by atoms with Crippen LogP contribution in [-0.2, 0) is 0 Å². The molecule has 0 amide bonds. The highest BCUT2D eigenvalue weighted by Crippen LogP contribution is 2.16. The van der Waals surface area contributed by atoms with Crippen LogP contribution in [0.4, 0.5) is 4.39 Å². The highest BCUT2D eigenvalue weighted by Gasteiger charge is 2.07. The molecule has 1 aromatic carbocycles. The monoisotopic (exact) mass is 218 g/mol. The highest BCUT2D eigenvalue weighted by atomic mass is 19.1. The lowest BCUT2D eigenvalue weighted by atomic mass is 10.1. The van der Waals surface area contributed by atoms with Crippen molar-refractivity contribution in [3.8, 4) is 11.4 Å². The Morgan fingerprint density at radius 2 is 1.88 bits per heavy atom. The van der Waals surface area contributed by atoms with E-state index in [0.717, 1.165) is 0 Å².